The number of benzene rings is 1. The summed E-state index contributed by atoms with van der Waals surface area (Å²) in [6.07, 6.45) is 0.221. The van der Waals surface area contributed by atoms with Crippen LogP contribution in [-0.2, 0) is 4.79 Å². The van der Waals surface area contributed by atoms with Gasteiger partial charge in [0, 0.05) is 11.6 Å². The third-order valence-electron chi connectivity index (χ3n) is 2.12. The van der Waals surface area contributed by atoms with Crippen LogP contribution in [0.15, 0.2) is 18.2 Å². The van der Waals surface area contributed by atoms with Crippen molar-refractivity contribution in [1.29, 1.82) is 5.26 Å². The molecule has 3 N–H and O–H groups in total. The lowest BCUT2D eigenvalue weighted by Crippen LogP contribution is -2.29. The number of nitrogens with zero attached hydrogens (tertiary/aromatic N) is 1. The molecule has 100 valence electrons. The largest absolute Gasteiger partial charge is 0.483 e. The molecule has 6 nitrogen and oxygen atoms in total. The van der Waals surface area contributed by atoms with Crippen LogP contribution in [0.25, 0.3) is 0 Å². The minimum Gasteiger partial charge on any atom is -0.483 e. The van der Waals surface area contributed by atoms with E-state index in [4.69, 9.17) is 27.3 Å². The van der Waals surface area contributed by atoms with Crippen molar-refractivity contribution in [3.05, 3.63) is 28.8 Å². The maximum absolute atomic E-state index is 11.4. The Hall–Kier alpha value is -2.26. The van der Waals surface area contributed by atoms with Crippen LogP contribution >= 0.6 is 11.6 Å². The van der Waals surface area contributed by atoms with Crippen LogP contribution in [0.1, 0.15) is 16.8 Å². The van der Waals surface area contributed by atoms with Gasteiger partial charge in [0.25, 0.3) is 11.8 Å². The lowest BCUT2D eigenvalue weighted by atomic mass is 10.2. The van der Waals surface area contributed by atoms with Gasteiger partial charge in [0.05, 0.1) is 18.1 Å². The van der Waals surface area contributed by atoms with Crippen molar-refractivity contribution >= 4 is 23.4 Å². The molecule has 1 rings (SSSR count). The molecule has 0 atom stereocenters. The fourth-order valence-corrected chi connectivity index (χ4v) is 1.44. The lowest BCUT2D eigenvalue weighted by Gasteiger charge is -2.09. The summed E-state index contributed by atoms with van der Waals surface area (Å²) < 4.78 is 5.19. The van der Waals surface area contributed by atoms with Gasteiger partial charge in [-0.1, -0.05) is 11.6 Å². The minimum atomic E-state index is -0.692. The van der Waals surface area contributed by atoms with Crippen LogP contribution in [0.2, 0.25) is 5.02 Å². The highest BCUT2D eigenvalue weighted by atomic mass is 35.5. The smallest absolute Gasteiger partial charge is 0.257 e. The molecule has 0 bridgehead atoms. The molecule has 0 saturated carbocycles. The number of hydrogen-bond donors (Lipinski definition) is 2. The minimum absolute atomic E-state index is 0.109. The van der Waals surface area contributed by atoms with Crippen LogP contribution in [0, 0.1) is 11.3 Å². The summed E-state index contributed by atoms with van der Waals surface area (Å²) in [5.74, 6) is -0.893. The van der Waals surface area contributed by atoms with Crippen molar-refractivity contribution in [2.24, 2.45) is 5.73 Å². The van der Waals surface area contributed by atoms with E-state index in [0.717, 1.165) is 0 Å². The number of rotatable bonds is 6. The van der Waals surface area contributed by atoms with Crippen LogP contribution in [0.3, 0.4) is 0 Å². The van der Waals surface area contributed by atoms with Gasteiger partial charge in [0.15, 0.2) is 6.61 Å². The Morgan fingerprint density at radius 1 is 1.47 bits per heavy atom. The van der Waals surface area contributed by atoms with E-state index >= 15 is 0 Å². The number of nitrogens with two attached hydrogens (primary N) is 1. The van der Waals surface area contributed by atoms with Crippen LogP contribution in [0.4, 0.5) is 0 Å². The highest BCUT2D eigenvalue weighted by Gasteiger charge is 2.11. The number of carbonyl (C=O) groups is 2. The molecule has 0 aromatic heterocycles. The monoisotopic (exact) mass is 281 g/mol. The van der Waals surface area contributed by atoms with E-state index in [1.165, 1.54) is 18.2 Å². The fourth-order valence-electron chi connectivity index (χ4n) is 1.27. The molecule has 0 unspecified atom stereocenters. The lowest BCUT2D eigenvalue weighted by molar-refractivity contribution is -0.123. The third kappa shape index (κ3) is 4.85. The Kier molecular flexibility index (Phi) is 5.64. The number of halogens is 1. The summed E-state index contributed by atoms with van der Waals surface area (Å²) in [6.45, 7) is -0.0185. The number of hydrogen-bond acceptors (Lipinski definition) is 4. The number of primary amides is 1. The highest BCUT2D eigenvalue weighted by Crippen LogP contribution is 2.22. The molecule has 0 heterocycles. The second-order valence-electron chi connectivity index (χ2n) is 3.55. The Bertz CT molecular complexity index is 525. The maximum atomic E-state index is 11.4. The summed E-state index contributed by atoms with van der Waals surface area (Å²) >= 11 is 5.73. The molecule has 0 aliphatic carbocycles. The predicted octanol–water partition coefficient (Wildman–Crippen LogP) is 0.848. The molecule has 1 aromatic carbocycles. The van der Waals surface area contributed by atoms with Gasteiger partial charge in [0.1, 0.15) is 5.75 Å². The Morgan fingerprint density at radius 2 is 2.21 bits per heavy atom. The summed E-state index contributed by atoms with van der Waals surface area (Å²) in [6, 6.07) is 6.25. The zero-order valence-corrected chi connectivity index (χ0v) is 10.7. The number of amides is 2. The van der Waals surface area contributed by atoms with E-state index in [1.807, 2.05) is 6.07 Å². The second-order valence-corrected chi connectivity index (χ2v) is 3.99. The molecular weight excluding hydrogens is 270 g/mol. The summed E-state index contributed by atoms with van der Waals surface area (Å²) in [5, 5.41) is 11.1. The van der Waals surface area contributed by atoms with Crippen LogP contribution in [-0.4, -0.2) is 25.0 Å². The third-order valence-corrected chi connectivity index (χ3v) is 2.36. The molecule has 0 aliphatic heterocycles. The first-order chi connectivity index (χ1) is 9.04. The van der Waals surface area contributed by atoms with E-state index in [0.29, 0.717) is 5.02 Å². The van der Waals surface area contributed by atoms with Crippen molar-refractivity contribution < 1.29 is 14.3 Å². The average Bonchev–Trinajstić information content (AvgIpc) is 2.37. The van der Waals surface area contributed by atoms with Crippen LogP contribution < -0.4 is 15.8 Å². The first kappa shape index (κ1) is 14.8. The average molecular weight is 282 g/mol. The highest BCUT2D eigenvalue weighted by molar-refractivity contribution is 6.31. The quantitative estimate of drug-likeness (QED) is 0.754. The Balaban J connectivity index is 2.60. The number of nitriles is 1. The van der Waals surface area contributed by atoms with Gasteiger partial charge in [-0.2, -0.15) is 5.26 Å². The summed E-state index contributed by atoms with van der Waals surface area (Å²) in [4.78, 5) is 22.5. The van der Waals surface area contributed by atoms with E-state index in [9.17, 15) is 9.59 Å². The second kappa shape index (κ2) is 7.24. The number of ether oxygens (including phenoxy) is 1. The molecule has 19 heavy (non-hydrogen) atoms. The van der Waals surface area contributed by atoms with Crippen molar-refractivity contribution in [3.63, 3.8) is 0 Å². The standard InChI is InChI=1S/C12H12ClN3O3/c13-8-2-3-10(9(6-8)12(15)18)19-7-11(17)16-5-1-4-14/h2-3,6H,1,5,7H2,(H2,15,18)(H,16,17). The van der Waals surface area contributed by atoms with Crippen molar-refractivity contribution in [2.75, 3.05) is 13.2 Å². The zero-order chi connectivity index (χ0) is 14.3. The predicted molar refractivity (Wildman–Crippen MR) is 68.7 cm³/mol. The summed E-state index contributed by atoms with van der Waals surface area (Å²) in [5.41, 5.74) is 5.28. The van der Waals surface area contributed by atoms with Gasteiger partial charge in [-0.3, -0.25) is 9.59 Å². The molecule has 0 spiro atoms. The van der Waals surface area contributed by atoms with Crippen molar-refractivity contribution in [1.82, 2.24) is 5.32 Å². The van der Waals surface area contributed by atoms with Gasteiger partial charge in [-0.05, 0) is 18.2 Å². The molecule has 0 aliphatic rings. The van der Waals surface area contributed by atoms with Crippen molar-refractivity contribution in [3.8, 4) is 11.8 Å². The van der Waals surface area contributed by atoms with E-state index in [-0.39, 0.29) is 36.8 Å². The number of carbonyl (C=O) groups excluding carboxylic acids is 2. The molecule has 2 amide bonds. The van der Waals surface area contributed by atoms with Gasteiger partial charge in [-0.25, -0.2) is 0 Å². The Morgan fingerprint density at radius 3 is 2.84 bits per heavy atom. The molecule has 0 radical (unpaired) electrons. The van der Waals surface area contributed by atoms with Gasteiger partial charge < -0.3 is 15.8 Å². The molecule has 7 heteroatoms. The topological polar surface area (TPSA) is 105 Å². The molecule has 1 aromatic rings. The first-order valence-electron chi connectivity index (χ1n) is 5.40. The Labute approximate surface area is 115 Å². The number of nitrogens with one attached hydrogen (secondary N) is 1. The molecular formula is C12H12ClN3O3. The first-order valence-corrected chi connectivity index (χ1v) is 5.78. The van der Waals surface area contributed by atoms with Gasteiger partial charge in [-0.15, -0.1) is 0 Å². The maximum Gasteiger partial charge on any atom is 0.257 e. The molecule has 0 saturated heterocycles. The van der Waals surface area contributed by atoms with E-state index in [1.54, 1.807) is 0 Å². The van der Waals surface area contributed by atoms with Crippen LogP contribution in [0.5, 0.6) is 5.75 Å². The normalized spacial score (nSPS) is 9.47. The van der Waals surface area contributed by atoms with E-state index < -0.39 is 5.91 Å². The fraction of sp³-hybridized carbons (Fsp3) is 0.250. The SMILES string of the molecule is N#CCCNC(=O)COc1ccc(Cl)cc1C(N)=O. The van der Waals surface area contributed by atoms with E-state index in [2.05, 4.69) is 5.32 Å². The van der Waals surface area contributed by atoms with Crippen molar-refractivity contribution in [2.45, 2.75) is 6.42 Å². The van der Waals surface area contributed by atoms with Gasteiger partial charge >= 0.3 is 0 Å². The zero-order valence-electron chi connectivity index (χ0n) is 9.98. The molecule has 0 fully saturated rings. The summed E-state index contributed by atoms with van der Waals surface area (Å²) in [7, 11) is 0. The van der Waals surface area contributed by atoms with Gasteiger partial charge in [0.2, 0.25) is 0 Å².